The molecule has 0 saturated carbocycles. The van der Waals surface area contributed by atoms with Gasteiger partial charge in [-0.3, -0.25) is 4.79 Å². The van der Waals surface area contributed by atoms with Crippen molar-refractivity contribution >= 4 is 30.7 Å². The molecule has 1 N–H and O–H groups in total. The summed E-state index contributed by atoms with van der Waals surface area (Å²) in [6, 6.07) is 8.03. The van der Waals surface area contributed by atoms with Gasteiger partial charge in [0, 0.05) is 31.0 Å². The van der Waals surface area contributed by atoms with E-state index in [9.17, 15) is 4.79 Å². The highest BCUT2D eigenvalue weighted by Gasteiger charge is 2.38. The van der Waals surface area contributed by atoms with Crippen LogP contribution in [0.15, 0.2) is 36.7 Å². The normalized spacial score (nSPS) is 22.2. The molecule has 4 heterocycles. The Kier molecular flexibility index (Phi) is 6.21. The lowest BCUT2D eigenvalue weighted by Crippen LogP contribution is -2.42. The number of rotatable bonds is 2. The molecular weight excluding hydrogens is 349 g/mol. The average Bonchev–Trinajstić information content (AvgIpc) is 3.14. The minimum atomic E-state index is 0. The summed E-state index contributed by atoms with van der Waals surface area (Å²) in [6.45, 7) is 1.88. The largest absolute Gasteiger partial charge is 0.330 e. The Bertz CT molecular complexity index is 665. The van der Waals surface area contributed by atoms with Crippen LogP contribution in [0.4, 0.5) is 0 Å². The molecule has 24 heavy (non-hydrogen) atoms. The summed E-state index contributed by atoms with van der Waals surface area (Å²) in [5, 5.41) is 7.60. The van der Waals surface area contributed by atoms with Gasteiger partial charge in [0.25, 0.3) is 5.91 Å². The Morgan fingerprint density at radius 2 is 1.96 bits per heavy atom. The lowest BCUT2D eigenvalue weighted by Gasteiger charge is -2.27. The SMILES string of the molecule is Cl.Cl.O=C(c1cccc(-n2cccn2)n1)N1C2CCNCC1CC2. The van der Waals surface area contributed by atoms with E-state index in [0.29, 0.717) is 23.6 Å². The van der Waals surface area contributed by atoms with Crippen LogP contribution < -0.4 is 5.32 Å². The highest BCUT2D eigenvalue weighted by molar-refractivity contribution is 5.93. The summed E-state index contributed by atoms with van der Waals surface area (Å²) in [6.07, 6.45) is 6.76. The first-order chi connectivity index (χ1) is 10.8. The predicted molar refractivity (Wildman–Crippen MR) is 96.3 cm³/mol. The van der Waals surface area contributed by atoms with E-state index in [1.807, 2.05) is 24.4 Å². The second-order valence-corrected chi connectivity index (χ2v) is 5.92. The van der Waals surface area contributed by atoms with Gasteiger partial charge in [0.2, 0.25) is 0 Å². The van der Waals surface area contributed by atoms with E-state index in [1.54, 1.807) is 16.9 Å². The van der Waals surface area contributed by atoms with Crippen molar-refractivity contribution < 1.29 is 4.79 Å². The third-order valence-corrected chi connectivity index (χ3v) is 4.58. The number of amides is 1. The molecule has 4 rings (SSSR count). The number of carbonyl (C=O) groups excluding carboxylic acids is 1. The molecule has 0 spiro atoms. The maximum Gasteiger partial charge on any atom is 0.273 e. The minimum Gasteiger partial charge on any atom is -0.330 e. The van der Waals surface area contributed by atoms with Crippen molar-refractivity contribution in [1.82, 2.24) is 25.0 Å². The summed E-state index contributed by atoms with van der Waals surface area (Å²) in [5.41, 5.74) is 0.506. The zero-order valence-corrected chi connectivity index (χ0v) is 14.8. The molecule has 2 bridgehead atoms. The highest BCUT2D eigenvalue weighted by Crippen LogP contribution is 2.29. The molecule has 2 aliphatic heterocycles. The molecule has 0 aromatic carbocycles. The lowest BCUT2D eigenvalue weighted by atomic mass is 10.1. The molecule has 0 radical (unpaired) electrons. The number of pyridine rings is 1. The van der Waals surface area contributed by atoms with E-state index in [-0.39, 0.29) is 30.7 Å². The second-order valence-electron chi connectivity index (χ2n) is 5.92. The van der Waals surface area contributed by atoms with Crippen LogP contribution in [-0.2, 0) is 0 Å². The zero-order valence-electron chi connectivity index (χ0n) is 13.2. The van der Waals surface area contributed by atoms with E-state index in [0.717, 1.165) is 32.4 Å². The quantitative estimate of drug-likeness (QED) is 0.879. The smallest absolute Gasteiger partial charge is 0.273 e. The molecule has 0 aliphatic carbocycles. The third-order valence-electron chi connectivity index (χ3n) is 4.58. The van der Waals surface area contributed by atoms with Crippen molar-refractivity contribution in [1.29, 1.82) is 0 Å². The molecule has 130 valence electrons. The summed E-state index contributed by atoms with van der Waals surface area (Å²) < 4.78 is 1.68. The Labute approximate surface area is 153 Å². The van der Waals surface area contributed by atoms with Crippen LogP contribution in [0.25, 0.3) is 5.82 Å². The minimum absolute atomic E-state index is 0. The van der Waals surface area contributed by atoms with Gasteiger partial charge in [0.05, 0.1) is 0 Å². The molecular formula is C16H21Cl2N5O. The van der Waals surface area contributed by atoms with Crippen LogP contribution in [0.3, 0.4) is 0 Å². The summed E-state index contributed by atoms with van der Waals surface area (Å²) >= 11 is 0. The van der Waals surface area contributed by atoms with Crippen molar-refractivity contribution in [3.63, 3.8) is 0 Å². The van der Waals surface area contributed by atoms with Crippen LogP contribution in [0.5, 0.6) is 0 Å². The van der Waals surface area contributed by atoms with Gasteiger partial charge in [-0.05, 0) is 44.0 Å². The number of nitrogens with one attached hydrogen (secondary N) is 1. The Hall–Kier alpha value is -1.63. The molecule has 2 aliphatic rings. The molecule has 2 unspecified atom stereocenters. The number of carbonyl (C=O) groups is 1. The van der Waals surface area contributed by atoms with Crippen LogP contribution in [0.1, 0.15) is 29.8 Å². The molecule has 6 nitrogen and oxygen atoms in total. The second kappa shape index (κ2) is 7.96. The van der Waals surface area contributed by atoms with E-state index in [2.05, 4.69) is 20.3 Å². The Morgan fingerprint density at radius 1 is 1.12 bits per heavy atom. The number of hydrogen-bond donors (Lipinski definition) is 1. The zero-order chi connectivity index (χ0) is 14.9. The molecule has 2 atom stereocenters. The predicted octanol–water partition coefficient (Wildman–Crippen LogP) is 2.08. The van der Waals surface area contributed by atoms with Crippen LogP contribution in [-0.4, -0.2) is 50.7 Å². The first-order valence-corrected chi connectivity index (χ1v) is 7.83. The third kappa shape index (κ3) is 3.41. The number of nitrogens with zero attached hydrogens (tertiary/aromatic N) is 4. The van der Waals surface area contributed by atoms with Gasteiger partial charge >= 0.3 is 0 Å². The summed E-state index contributed by atoms with van der Waals surface area (Å²) in [7, 11) is 0. The van der Waals surface area contributed by atoms with Gasteiger partial charge < -0.3 is 10.2 Å². The molecule has 2 fully saturated rings. The molecule has 2 aromatic rings. The van der Waals surface area contributed by atoms with Gasteiger partial charge in [0.15, 0.2) is 5.82 Å². The van der Waals surface area contributed by atoms with Crippen molar-refractivity contribution in [3.05, 3.63) is 42.4 Å². The lowest BCUT2D eigenvalue weighted by molar-refractivity contribution is 0.0674. The van der Waals surface area contributed by atoms with Crippen LogP contribution >= 0.6 is 24.8 Å². The van der Waals surface area contributed by atoms with Crippen molar-refractivity contribution in [2.45, 2.75) is 31.3 Å². The standard InChI is InChI=1S/C16H19N5O.2ClH/c22-16(21-12-5-6-13(21)11-17-9-7-12)14-3-1-4-15(19-14)20-10-2-8-18-20;;/h1-4,8,10,12-13,17H,5-7,9,11H2;2*1H. The van der Waals surface area contributed by atoms with Crippen molar-refractivity contribution in [3.8, 4) is 5.82 Å². The van der Waals surface area contributed by atoms with Crippen molar-refractivity contribution in [2.24, 2.45) is 0 Å². The molecule has 8 heteroatoms. The molecule has 2 saturated heterocycles. The maximum absolute atomic E-state index is 12.9. The average molecular weight is 370 g/mol. The summed E-state index contributed by atoms with van der Waals surface area (Å²) in [5.74, 6) is 0.723. The highest BCUT2D eigenvalue weighted by atomic mass is 35.5. The van der Waals surface area contributed by atoms with E-state index < -0.39 is 0 Å². The van der Waals surface area contributed by atoms with Crippen LogP contribution in [0, 0.1) is 0 Å². The van der Waals surface area contributed by atoms with Gasteiger partial charge in [-0.25, -0.2) is 9.67 Å². The topological polar surface area (TPSA) is 63.1 Å². The van der Waals surface area contributed by atoms with Crippen molar-refractivity contribution in [2.75, 3.05) is 13.1 Å². The fraction of sp³-hybridized carbons (Fsp3) is 0.438. The van der Waals surface area contributed by atoms with E-state index in [4.69, 9.17) is 0 Å². The van der Waals surface area contributed by atoms with Crippen LogP contribution in [0.2, 0.25) is 0 Å². The molecule has 2 aromatic heterocycles. The number of hydrogen-bond acceptors (Lipinski definition) is 4. The number of halogens is 2. The first-order valence-electron chi connectivity index (χ1n) is 7.83. The van der Waals surface area contributed by atoms with Gasteiger partial charge in [-0.1, -0.05) is 6.07 Å². The monoisotopic (exact) mass is 369 g/mol. The Balaban J connectivity index is 0.00000104. The van der Waals surface area contributed by atoms with Gasteiger partial charge in [0.1, 0.15) is 5.69 Å². The van der Waals surface area contributed by atoms with Gasteiger partial charge in [-0.15, -0.1) is 24.8 Å². The maximum atomic E-state index is 12.9. The number of aromatic nitrogens is 3. The molecule has 1 amide bonds. The fourth-order valence-electron chi connectivity index (χ4n) is 3.52. The fourth-order valence-corrected chi connectivity index (χ4v) is 3.52. The number of fused-ring (bicyclic) bond motifs is 2. The van der Waals surface area contributed by atoms with Gasteiger partial charge in [-0.2, -0.15) is 5.10 Å². The Morgan fingerprint density at radius 3 is 2.75 bits per heavy atom. The van der Waals surface area contributed by atoms with E-state index >= 15 is 0 Å². The van der Waals surface area contributed by atoms with E-state index in [1.165, 1.54) is 0 Å². The summed E-state index contributed by atoms with van der Waals surface area (Å²) in [4.78, 5) is 19.5. The first kappa shape index (κ1) is 18.7.